The van der Waals surface area contributed by atoms with Crippen molar-refractivity contribution in [2.75, 3.05) is 0 Å². The standard InChI is InChI=1S/C9H17FO/c1-8(2)4-7(11)5-9(3,10)6-8/h7,11H,4-6H2,1-3H3. The van der Waals surface area contributed by atoms with Crippen LogP contribution in [0.5, 0.6) is 0 Å². The fraction of sp³-hybridized carbons (Fsp3) is 1.00. The second kappa shape index (κ2) is 2.44. The Morgan fingerprint density at radius 2 is 1.82 bits per heavy atom. The Balaban J connectivity index is 2.66. The minimum absolute atomic E-state index is 0.0405. The molecule has 1 saturated carbocycles. The van der Waals surface area contributed by atoms with Crippen LogP contribution < -0.4 is 0 Å². The summed E-state index contributed by atoms with van der Waals surface area (Å²) in [5.74, 6) is 0. The van der Waals surface area contributed by atoms with Crippen molar-refractivity contribution in [1.29, 1.82) is 0 Å². The predicted octanol–water partition coefficient (Wildman–Crippen LogP) is 2.29. The Morgan fingerprint density at radius 1 is 1.27 bits per heavy atom. The van der Waals surface area contributed by atoms with E-state index in [1.54, 1.807) is 6.92 Å². The molecule has 0 bridgehead atoms. The van der Waals surface area contributed by atoms with Crippen molar-refractivity contribution in [2.45, 2.75) is 51.8 Å². The molecule has 11 heavy (non-hydrogen) atoms. The van der Waals surface area contributed by atoms with Crippen LogP contribution in [-0.2, 0) is 0 Å². The number of hydrogen-bond acceptors (Lipinski definition) is 1. The molecule has 0 aromatic carbocycles. The first kappa shape index (κ1) is 8.98. The molecular formula is C9H17FO. The van der Waals surface area contributed by atoms with Crippen LogP contribution in [-0.4, -0.2) is 16.9 Å². The van der Waals surface area contributed by atoms with Gasteiger partial charge in [-0.15, -0.1) is 0 Å². The van der Waals surface area contributed by atoms with Gasteiger partial charge in [0.2, 0.25) is 0 Å². The molecule has 1 rings (SSSR count). The Morgan fingerprint density at radius 3 is 2.18 bits per heavy atom. The maximum absolute atomic E-state index is 13.5. The van der Waals surface area contributed by atoms with Crippen molar-refractivity contribution in [2.24, 2.45) is 5.41 Å². The van der Waals surface area contributed by atoms with Gasteiger partial charge in [0, 0.05) is 6.42 Å². The number of aliphatic hydroxyl groups excluding tert-OH is 1. The summed E-state index contributed by atoms with van der Waals surface area (Å²) in [4.78, 5) is 0. The minimum atomic E-state index is -1.17. The summed E-state index contributed by atoms with van der Waals surface area (Å²) in [5.41, 5.74) is -1.21. The molecule has 0 saturated heterocycles. The molecular weight excluding hydrogens is 143 g/mol. The lowest BCUT2D eigenvalue weighted by atomic mass is 9.70. The maximum atomic E-state index is 13.5. The monoisotopic (exact) mass is 160 g/mol. The van der Waals surface area contributed by atoms with Gasteiger partial charge in [0.15, 0.2) is 0 Å². The molecule has 1 N–H and O–H groups in total. The number of aliphatic hydroxyl groups is 1. The van der Waals surface area contributed by atoms with Crippen LogP contribution in [0.2, 0.25) is 0 Å². The Hall–Kier alpha value is -0.110. The first-order valence-electron chi connectivity index (χ1n) is 4.18. The highest BCUT2D eigenvalue weighted by atomic mass is 19.1. The highest BCUT2D eigenvalue weighted by molar-refractivity contribution is 4.91. The fourth-order valence-corrected chi connectivity index (χ4v) is 2.34. The van der Waals surface area contributed by atoms with Gasteiger partial charge in [0.1, 0.15) is 5.67 Å². The molecule has 1 aliphatic carbocycles. The SMILES string of the molecule is CC1(C)CC(O)CC(C)(F)C1. The summed E-state index contributed by atoms with van der Waals surface area (Å²) >= 11 is 0. The highest BCUT2D eigenvalue weighted by Crippen LogP contribution is 2.42. The molecule has 0 radical (unpaired) electrons. The Labute approximate surface area is 67.6 Å². The van der Waals surface area contributed by atoms with Crippen molar-refractivity contribution in [1.82, 2.24) is 0 Å². The van der Waals surface area contributed by atoms with E-state index in [4.69, 9.17) is 0 Å². The van der Waals surface area contributed by atoms with E-state index in [1.165, 1.54) is 0 Å². The average Bonchev–Trinajstić information content (AvgIpc) is 1.49. The Bertz CT molecular complexity index is 136. The zero-order valence-electron chi connectivity index (χ0n) is 7.52. The minimum Gasteiger partial charge on any atom is -0.393 e. The molecule has 0 aromatic rings. The van der Waals surface area contributed by atoms with Crippen molar-refractivity contribution in [3.8, 4) is 0 Å². The number of hydrogen-bond donors (Lipinski definition) is 1. The zero-order valence-corrected chi connectivity index (χ0v) is 7.52. The molecule has 0 aliphatic heterocycles. The molecule has 2 atom stereocenters. The molecule has 1 fully saturated rings. The average molecular weight is 160 g/mol. The highest BCUT2D eigenvalue weighted by Gasteiger charge is 2.40. The third-order valence-electron chi connectivity index (χ3n) is 2.30. The molecule has 0 aromatic heterocycles. The number of alkyl halides is 1. The largest absolute Gasteiger partial charge is 0.393 e. The third kappa shape index (κ3) is 2.44. The first-order valence-corrected chi connectivity index (χ1v) is 4.18. The first-order chi connectivity index (χ1) is 4.81. The summed E-state index contributed by atoms with van der Waals surface area (Å²) < 4.78 is 13.5. The second-order valence-corrected chi connectivity index (χ2v) is 4.82. The van der Waals surface area contributed by atoms with Crippen LogP contribution in [0.15, 0.2) is 0 Å². The van der Waals surface area contributed by atoms with E-state index in [-0.39, 0.29) is 5.41 Å². The summed E-state index contributed by atoms with van der Waals surface area (Å²) in [6, 6.07) is 0. The number of halogens is 1. The fourth-order valence-electron chi connectivity index (χ4n) is 2.34. The van der Waals surface area contributed by atoms with Gasteiger partial charge in [-0.3, -0.25) is 0 Å². The molecule has 1 aliphatic rings. The van der Waals surface area contributed by atoms with Crippen LogP contribution in [0.25, 0.3) is 0 Å². The lowest BCUT2D eigenvalue weighted by Gasteiger charge is -2.40. The van der Waals surface area contributed by atoms with Crippen molar-refractivity contribution < 1.29 is 9.50 Å². The summed E-state index contributed by atoms with van der Waals surface area (Å²) in [6.07, 6.45) is 1.15. The quantitative estimate of drug-likeness (QED) is 0.576. The van der Waals surface area contributed by atoms with Gasteiger partial charge in [-0.25, -0.2) is 4.39 Å². The molecule has 1 nitrogen and oxygen atoms in total. The smallest absolute Gasteiger partial charge is 0.111 e. The lowest BCUT2D eigenvalue weighted by Crippen LogP contribution is -2.39. The Kier molecular flexibility index (Phi) is 1.99. The van der Waals surface area contributed by atoms with Crippen LogP contribution in [0, 0.1) is 5.41 Å². The van der Waals surface area contributed by atoms with Crippen molar-refractivity contribution in [3.63, 3.8) is 0 Å². The van der Waals surface area contributed by atoms with E-state index >= 15 is 0 Å². The summed E-state index contributed by atoms with van der Waals surface area (Å²) in [7, 11) is 0. The van der Waals surface area contributed by atoms with E-state index in [2.05, 4.69) is 0 Å². The van der Waals surface area contributed by atoms with Gasteiger partial charge in [-0.2, -0.15) is 0 Å². The molecule has 66 valence electrons. The van der Waals surface area contributed by atoms with E-state index in [0.717, 1.165) is 6.42 Å². The van der Waals surface area contributed by atoms with Crippen molar-refractivity contribution >= 4 is 0 Å². The maximum Gasteiger partial charge on any atom is 0.111 e. The van der Waals surface area contributed by atoms with Crippen LogP contribution in [0.4, 0.5) is 4.39 Å². The molecule has 0 amide bonds. The number of rotatable bonds is 0. The molecule has 2 unspecified atom stereocenters. The molecule has 2 heteroatoms. The molecule has 0 heterocycles. The van der Waals surface area contributed by atoms with E-state index in [1.807, 2.05) is 13.8 Å². The zero-order chi connectivity index (χ0) is 8.70. The van der Waals surface area contributed by atoms with Gasteiger partial charge >= 0.3 is 0 Å². The van der Waals surface area contributed by atoms with Crippen LogP contribution in [0.1, 0.15) is 40.0 Å². The van der Waals surface area contributed by atoms with E-state index in [0.29, 0.717) is 12.8 Å². The van der Waals surface area contributed by atoms with Crippen molar-refractivity contribution in [3.05, 3.63) is 0 Å². The third-order valence-corrected chi connectivity index (χ3v) is 2.30. The predicted molar refractivity (Wildman–Crippen MR) is 43.2 cm³/mol. The van der Waals surface area contributed by atoms with Gasteiger partial charge in [-0.1, -0.05) is 13.8 Å². The van der Waals surface area contributed by atoms with Gasteiger partial charge in [0.05, 0.1) is 6.10 Å². The topological polar surface area (TPSA) is 20.2 Å². The second-order valence-electron chi connectivity index (χ2n) is 4.82. The normalized spacial score (nSPS) is 43.9. The van der Waals surface area contributed by atoms with E-state index in [9.17, 15) is 9.50 Å². The van der Waals surface area contributed by atoms with Crippen LogP contribution in [0.3, 0.4) is 0 Å². The summed E-state index contributed by atoms with van der Waals surface area (Å²) in [5, 5.41) is 9.34. The van der Waals surface area contributed by atoms with Crippen LogP contribution >= 0.6 is 0 Å². The van der Waals surface area contributed by atoms with Gasteiger partial charge in [-0.05, 0) is 25.2 Å². The lowest BCUT2D eigenvalue weighted by molar-refractivity contribution is -0.0282. The van der Waals surface area contributed by atoms with E-state index < -0.39 is 11.8 Å². The summed E-state index contributed by atoms with van der Waals surface area (Å²) in [6.45, 7) is 5.59. The van der Waals surface area contributed by atoms with Gasteiger partial charge < -0.3 is 5.11 Å². The van der Waals surface area contributed by atoms with Gasteiger partial charge in [0.25, 0.3) is 0 Å². The molecule has 0 spiro atoms.